The third-order valence-electron chi connectivity index (χ3n) is 3.26. The van der Waals surface area contributed by atoms with Crippen LogP contribution in [0.3, 0.4) is 0 Å². The highest BCUT2D eigenvalue weighted by Crippen LogP contribution is 2.14. The molecule has 0 aliphatic carbocycles. The van der Waals surface area contributed by atoms with Crippen LogP contribution in [-0.2, 0) is 20.9 Å². The number of hydrogen-bond donors (Lipinski definition) is 1. The lowest BCUT2D eigenvalue weighted by molar-refractivity contribution is -0.129. The molecule has 0 fully saturated rings. The number of hydrogen-bond acceptors (Lipinski definition) is 3. The number of carbonyl (C=O) groups is 2. The standard InChI is InChI=1S/C16H23ClN2O3/c1-13(20)19(9-5-11-22-2)10-8-16(21)18-12-14-6-3-4-7-15(14)17/h3-4,6-7H,5,8-12H2,1-2H3,(H,18,21). The van der Waals surface area contributed by atoms with Gasteiger partial charge in [-0.15, -0.1) is 0 Å². The van der Waals surface area contributed by atoms with Gasteiger partial charge in [0.25, 0.3) is 0 Å². The Morgan fingerprint density at radius 1 is 1.27 bits per heavy atom. The van der Waals surface area contributed by atoms with E-state index in [-0.39, 0.29) is 18.2 Å². The molecule has 0 saturated carbocycles. The largest absolute Gasteiger partial charge is 0.385 e. The maximum Gasteiger partial charge on any atom is 0.222 e. The van der Waals surface area contributed by atoms with E-state index in [1.807, 2.05) is 18.2 Å². The zero-order valence-electron chi connectivity index (χ0n) is 13.1. The Kier molecular flexibility index (Phi) is 8.55. The molecular weight excluding hydrogens is 304 g/mol. The molecule has 0 saturated heterocycles. The van der Waals surface area contributed by atoms with E-state index in [9.17, 15) is 9.59 Å². The van der Waals surface area contributed by atoms with Crippen LogP contribution < -0.4 is 5.32 Å². The molecule has 0 radical (unpaired) electrons. The Morgan fingerprint density at radius 3 is 2.64 bits per heavy atom. The quantitative estimate of drug-likeness (QED) is 0.708. The first-order valence-electron chi connectivity index (χ1n) is 7.29. The molecule has 0 unspecified atom stereocenters. The van der Waals surface area contributed by atoms with Gasteiger partial charge in [0.2, 0.25) is 11.8 Å². The Balaban J connectivity index is 2.34. The lowest BCUT2D eigenvalue weighted by Crippen LogP contribution is -2.34. The monoisotopic (exact) mass is 326 g/mol. The van der Waals surface area contributed by atoms with Crippen molar-refractivity contribution < 1.29 is 14.3 Å². The van der Waals surface area contributed by atoms with Crippen molar-refractivity contribution in [3.05, 3.63) is 34.9 Å². The fourth-order valence-corrected chi connectivity index (χ4v) is 2.19. The fourth-order valence-electron chi connectivity index (χ4n) is 1.99. The lowest BCUT2D eigenvalue weighted by Gasteiger charge is -2.20. The van der Waals surface area contributed by atoms with E-state index < -0.39 is 0 Å². The van der Waals surface area contributed by atoms with Crippen molar-refractivity contribution >= 4 is 23.4 Å². The molecule has 1 rings (SSSR count). The van der Waals surface area contributed by atoms with Gasteiger partial charge in [0.1, 0.15) is 0 Å². The van der Waals surface area contributed by atoms with Crippen molar-refractivity contribution in [2.75, 3.05) is 26.8 Å². The predicted octanol–water partition coefficient (Wildman–Crippen LogP) is 2.23. The highest BCUT2D eigenvalue weighted by Gasteiger charge is 2.11. The summed E-state index contributed by atoms with van der Waals surface area (Å²) in [5.41, 5.74) is 0.876. The van der Waals surface area contributed by atoms with Crippen LogP contribution in [0.15, 0.2) is 24.3 Å². The average Bonchev–Trinajstić information content (AvgIpc) is 2.49. The molecule has 1 N–H and O–H groups in total. The number of halogens is 1. The number of nitrogens with zero attached hydrogens (tertiary/aromatic N) is 1. The minimum Gasteiger partial charge on any atom is -0.385 e. The van der Waals surface area contributed by atoms with Crippen LogP contribution >= 0.6 is 11.6 Å². The molecule has 0 spiro atoms. The number of amides is 2. The molecule has 1 aromatic carbocycles. The summed E-state index contributed by atoms with van der Waals surface area (Å²) in [7, 11) is 1.63. The van der Waals surface area contributed by atoms with Gasteiger partial charge >= 0.3 is 0 Å². The molecule has 1 aromatic rings. The third-order valence-corrected chi connectivity index (χ3v) is 3.63. The highest BCUT2D eigenvalue weighted by atomic mass is 35.5. The van der Waals surface area contributed by atoms with Gasteiger partial charge in [-0.05, 0) is 18.1 Å². The van der Waals surface area contributed by atoms with Gasteiger partial charge in [0, 0.05) is 51.7 Å². The number of benzene rings is 1. The van der Waals surface area contributed by atoms with Crippen molar-refractivity contribution in [3.63, 3.8) is 0 Å². The van der Waals surface area contributed by atoms with Gasteiger partial charge in [-0.1, -0.05) is 29.8 Å². The Hall–Kier alpha value is -1.59. The lowest BCUT2D eigenvalue weighted by atomic mass is 10.2. The minimum atomic E-state index is -0.0992. The van der Waals surface area contributed by atoms with Crippen molar-refractivity contribution in [3.8, 4) is 0 Å². The molecule has 2 amide bonds. The minimum absolute atomic E-state index is 0.0324. The van der Waals surface area contributed by atoms with E-state index in [4.69, 9.17) is 16.3 Å². The first-order chi connectivity index (χ1) is 10.5. The van der Waals surface area contributed by atoms with Gasteiger partial charge in [-0.25, -0.2) is 0 Å². The van der Waals surface area contributed by atoms with E-state index in [0.29, 0.717) is 31.3 Å². The third kappa shape index (κ3) is 6.91. The first-order valence-corrected chi connectivity index (χ1v) is 7.67. The van der Waals surface area contributed by atoms with Crippen LogP contribution in [0.5, 0.6) is 0 Å². The Labute approximate surface area is 136 Å². The van der Waals surface area contributed by atoms with Crippen LogP contribution in [0, 0.1) is 0 Å². The molecule has 5 nitrogen and oxygen atoms in total. The number of carbonyl (C=O) groups excluding carboxylic acids is 2. The van der Waals surface area contributed by atoms with Gasteiger partial charge in [-0.3, -0.25) is 9.59 Å². The number of nitrogens with one attached hydrogen (secondary N) is 1. The normalized spacial score (nSPS) is 10.3. The zero-order chi connectivity index (χ0) is 16.4. The molecule has 122 valence electrons. The maximum atomic E-state index is 11.9. The summed E-state index contributed by atoms with van der Waals surface area (Å²) in [6.45, 7) is 3.51. The molecule has 0 aliphatic rings. The van der Waals surface area contributed by atoms with E-state index in [1.165, 1.54) is 6.92 Å². The van der Waals surface area contributed by atoms with Gasteiger partial charge in [0.05, 0.1) is 0 Å². The van der Waals surface area contributed by atoms with Gasteiger partial charge in [0.15, 0.2) is 0 Å². The van der Waals surface area contributed by atoms with E-state index in [1.54, 1.807) is 18.1 Å². The Bertz CT molecular complexity index is 494. The number of methoxy groups -OCH3 is 1. The number of ether oxygens (including phenoxy) is 1. The van der Waals surface area contributed by atoms with Crippen LogP contribution in [0.2, 0.25) is 5.02 Å². The maximum absolute atomic E-state index is 11.9. The van der Waals surface area contributed by atoms with Crippen LogP contribution in [0.1, 0.15) is 25.3 Å². The second-order valence-corrected chi connectivity index (χ2v) is 5.38. The van der Waals surface area contributed by atoms with Crippen LogP contribution in [0.25, 0.3) is 0 Å². The van der Waals surface area contributed by atoms with E-state index in [2.05, 4.69) is 5.32 Å². The molecule has 0 heterocycles. The van der Waals surface area contributed by atoms with Crippen molar-refractivity contribution in [2.45, 2.75) is 26.3 Å². The summed E-state index contributed by atoms with van der Waals surface area (Å²) in [5, 5.41) is 3.45. The summed E-state index contributed by atoms with van der Waals surface area (Å²) < 4.78 is 4.97. The molecule has 6 heteroatoms. The molecular formula is C16H23ClN2O3. The zero-order valence-corrected chi connectivity index (χ0v) is 13.9. The second-order valence-electron chi connectivity index (χ2n) is 4.97. The van der Waals surface area contributed by atoms with Crippen molar-refractivity contribution in [2.24, 2.45) is 0 Å². The van der Waals surface area contributed by atoms with Gasteiger partial charge in [-0.2, -0.15) is 0 Å². The highest BCUT2D eigenvalue weighted by molar-refractivity contribution is 6.31. The van der Waals surface area contributed by atoms with Crippen molar-refractivity contribution in [1.29, 1.82) is 0 Å². The van der Waals surface area contributed by atoms with E-state index >= 15 is 0 Å². The molecule has 0 bridgehead atoms. The van der Waals surface area contributed by atoms with Crippen molar-refractivity contribution in [1.82, 2.24) is 10.2 Å². The summed E-state index contributed by atoms with van der Waals surface area (Å²) in [6, 6.07) is 7.38. The first kappa shape index (κ1) is 18.5. The second kappa shape index (κ2) is 10.2. The van der Waals surface area contributed by atoms with E-state index in [0.717, 1.165) is 12.0 Å². The molecule has 0 aromatic heterocycles. The molecule has 0 atom stereocenters. The summed E-state index contributed by atoms with van der Waals surface area (Å²) in [6.07, 6.45) is 1.04. The fraction of sp³-hybridized carbons (Fsp3) is 0.500. The topological polar surface area (TPSA) is 58.6 Å². The molecule has 0 aliphatic heterocycles. The van der Waals surface area contributed by atoms with Gasteiger partial charge < -0.3 is 15.0 Å². The average molecular weight is 327 g/mol. The smallest absolute Gasteiger partial charge is 0.222 e. The summed E-state index contributed by atoms with van der Waals surface area (Å²) >= 11 is 6.03. The summed E-state index contributed by atoms with van der Waals surface area (Å²) in [4.78, 5) is 25.0. The van der Waals surface area contributed by atoms with Crippen LogP contribution in [0.4, 0.5) is 0 Å². The Morgan fingerprint density at radius 2 is 2.00 bits per heavy atom. The van der Waals surface area contributed by atoms with Crippen LogP contribution in [-0.4, -0.2) is 43.5 Å². The predicted molar refractivity (Wildman–Crippen MR) is 86.7 cm³/mol. The number of rotatable bonds is 9. The SMILES string of the molecule is COCCCN(CCC(=O)NCc1ccccc1Cl)C(C)=O. The molecule has 22 heavy (non-hydrogen) atoms. The summed E-state index contributed by atoms with van der Waals surface area (Å²) in [5.74, 6) is -0.132.